The predicted octanol–water partition coefficient (Wildman–Crippen LogP) is 6.45. The van der Waals surface area contributed by atoms with E-state index >= 15 is 0 Å². The van der Waals surface area contributed by atoms with Crippen LogP contribution in [0.2, 0.25) is 0 Å². The Bertz CT molecular complexity index is 2080. The number of benzene rings is 1. The third-order valence-electron chi connectivity index (χ3n) is 8.40. The first-order valence-corrected chi connectivity index (χ1v) is 15.7. The van der Waals surface area contributed by atoms with Gasteiger partial charge in [-0.1, -0.05) is 12.6 Å². The summed E-state index contributed by atoms with van der Waals surface area (Å²) >= 11 is 1.64. The van der Waals surface area contributed by atoms with Crippen molar-refractivity contribution in [1.82, 2.24) is 34.2 Å². The average Bonchev–Trinajstić information content (AvgIpc) is 3.81. The summed E-state index contributed by atoms with van der Waals surface area (Å²) in [5.74, 6) is 0.545. The molecule has 0 unspecified atom stereocenters. The molecule has 228 valence electrons. The lowest BCUT2D eigenvalue weighted by atomic mass is 9.99. The Morgan fingerprint density at radius 2 is 1.98 bits per heavy atom. The van der Waals surface area contributed by atoms with Crippen molar-refractivity contribution in [3.8, 4) is 39.7 Å². The van der Waals surface area contributed by atoms with Crippen LogP contribution in [0.25, 0.3) is 55.0 Å². The molecule has 6 aromatic rings. The van der Waals surface area contributed by atoms with E-state index in [0.717, 1.165) is 43.6 Å². The van der Waals surface area contributed by atoms with Crippen molar-refractivity contribution in [3.63, 3.8) is 0 Å². The van der Waals surface area contributed by atoms with E-state index in [1.165, 1.54) is 6.08 Å². The number of imidazole rings is 1. The lowest BCUT2D eigenvalue weighted by Gasteiger charge is -2.36. The number of methoxy groups -OCH3 is 1. The second-order valence-corrected chi connectivity index (χ2v) is 12.1. The van der Waals surface area contributed by atoms with Crippen LogP contribution in [0.4, 0.5) is 0 Å². The number of carbonyl (C=O) groups is 1. The summed E-state index contributed by atoms with van der Waals surface area (Å²) in [4.78, 5) is 29.4. The van der Waals surface area contributed by atoms with Crippen molar-refractivity contribution in [2.45, 2.75) is 25.9 Å². The van der Waals surface area contributed by atoms with Crippen LogP contribution >= 0.6 is 11.3 Å². The van der Waals surface area contributed by atoms with Crippen molar-refractivity contribution in [2.24, 2.45) is 7.05 Å². The smallest absolute Gasteiger partial charge is 0.246 e. The number of rotatable bonds is 8. The number of hydrogen-bond acceptors (Lipinski definition) is 8. The number of aromatic nitrogens is 6. The van der Waals surface area contributed by atoms with Crippen LogP contribution in [0, 0.1) is 0 Å². The SMILES string of the molecule is C=CC(=O)N1C[C@H](C)n2nc(-c3nc(-c4ccc5c(c4)ncn5C)c4ccsc4c3-c3ncccc3OCCOC)cc2[C@H]1C. The summed E-state index contributed by atoms with van der Waals surface area (Å²) in [7, 11) is 3.64. The number of hydrogen-bond donors (Lipinski definition) is 0. The van der Waals surface area contributed by atoms with Gasteiger partial charge in [-0.3, -0.25) is 14.5 Å². The number of pyridine rings is 2. The first-order chi connectivity index (χ1) is 21.9. The highest BCUT2D eigenvalue weighted by atomic mass is 32.1. The van der Waals surface area contributed by atoms with Gasteiger partial charge in [0.25, 0.3) is 0 Å². The highest BCUT2D eigenvalue weighted by Gasteiger charge is 2.33. The summed E-state index contributed by atoms with van der Waals surface area (Å²) in [5, 5.41) is 8.22. The number of nitrogens with zero attached hydrogens (tertiary/aromatic N) is 7. The zero-order valence-corrected chi connectivity index (χ0v) is 26.4. The normalized spacial score (nSPS) is 16.3. The quantitative estimate of drug-likeness (QED) is 0.143. The summed E-state index contributed by atoms with van der Waals surface area (Å²) in [5.41, 5.74) is 7.62. The predicted molar refractivity (Wildman–Crippen MR) is 176 cm³/mol. The first kappa shape index (κ1) is 28.9. The van der Waals surface area contributed by atoms with Crippen molar-refractivity contribution >= 4 is 38.4 Å². The summed E-state index contributed by atoms with van der Waals surface area (Å²) < 4.78 is 16.5. The van der Waals surface area contributed by atoms with Crippen molar-refractivity contribution in [3.05, 3.63) is 78.7 Å². The molecule has 0 spiro atoms. The molecule has 1 aliphatic rings. The van der Waals surface area contributed by atoms with E-state index in [1.807, 2.05) is 46.6 Å². The number of amides is 1. The minimum atomic E-state index is -0.185. The van der Waals surface area contributed by atoms with Crippen LogP contribution in [0.5, 0.6) is 5.75 Å². The van der Waals surface area contributed by atoms with Gasteiger partial charge < -0.3 is 18.9 Å². The third-order valence-corrected chi connectivity index (χ3v) is 9.33. The van der Waals surface area contributed by atoms with Gasteiger partial charge in [0.15, 0.2) is 0 Å². The molecule has 6 heterocycles. The van der Waals surface area contributed by atoms with Crippen molar-refractivity contribution in [2.75, 3.05) is 26.9 Å². The number of aryl methyl sites for hydroxylation is 1. The van der Waals surface area contributed by atoms with Gasteiger partial charge in [0.05, 0.1) is 47.4 Å². The molecule has 0 bridgehead atoms. The van der Waals surface area contributed by atoms with Gasteiger partial charge in [-0.25, -0.2) is 9.97 Å². The van der Waals surface area contributed by atoms with Crippen LogP contribution in [0.3, 0.4) is 0 Å². The monoisotopic (exact) mass is 619 g/mol. The molecule has 2 atom stereocenters. The summed E-state index contributed by atoms with van der Waals surface area (Å²) in [6, 6.07) is 14.0. The van der Waals surface area contributed by atoms with E-state index in [0.29, 0.717) is 42.6 Å². The maximum atomic E-state index is 12.7. The fourth-order valence-electron chi connectivity index (χ4n) is 6.13. The first-order valence-electron chi connectivity index (χ1n) is 14.8. The van der Waals surface area contributed by atoms with Gasteiger partial charge in [-0.2, -0.15) is 5.10 Å². The minimum Gasteiger partial charge on any atom is -0.489 e. The molecule has 0 radical (unpaired) electrons. The Balaban J connectivity index is 1.48. The van der Waals surface area contributed by atoms with Gasteiger partial charge in [0.2, 0.25) is 5.91 Å². The number of ether oxygens (including phenoxy) is 2. The molecular formula is C34H33N7O3S. The fraction of sp³-hybridized carbons (Fsp3) is 0.265. The number of carbonyl (C=O) groups excluding carboxylic acids is 1. The van der Waals surface area contributed by atoms with Crippen LogP contribution in [-0.2, 0) is 16.6 Å². The largest absolute Gasteiger partial charge is 0.489 e. The molecule has 0 aliphatic carbocycles. The van der Waals surface area contributed by atoms with E-state index in [1.54, 1.807) is 24.6 Å². The van der Waals surface area contributed by atoms with Gasteiger partial charge in [-0.15, -0.1) is 11.3 Å². The van der Waals surface area contributed by atoms with Gasteiger partial charge in [0, 0.05) is 48.1 Å². The topological polar surface area (TPSA) is 100 Å². The molecule has 1 amide bonds. The molecule has 45 heavy (non-hydrogen) atoms. The van der Waals surface area contributed by atoms with Crippen LogP contribution in [0.15, 0.2) is 73.0 Å². The summed E-state index contributed by atoms with van der Waals surface area (Å²) in [6.07, 6.45) is 4.96. The fourth-order valence-corrected chi connectivity index (χ4v) is 7.07. The zero-order chi connectivity index (χ0) is 31.2. The van der Waals surface area contributed by atoms with Crippen LogP contribution in [-0.4, -0.2) is 67.0 Å². The molecule has 7 rings (SSSR count). The van der Waals surface area contributed by atoms with E-state index in [2.05, 4.69) is 54.2 Å². The third kappa shape index (κ3) is 4.88. The van der Waals surface area contributed by atoms with Gasteiger partial charge in [-0.05, 0) is 61.7 Å². The molecule has 11 heteroatoms. The van der Waals surface area contributed by atoms with Gasteiger partial charge >= 0.3 is 0 Å². The average molecular weight is 620 g/mol. The van der Waals surface area contributed by atoms with Crippen LogP contribution < -0.4 is 4.74 Å². The van der Waals surface area contributed by atoms with Crippen molar-refractivity contribution in [1.29, 1.82) is 0 Å². The zero-order valence-electron chi connectivity index (χ0n) is 25.6. The molecule has 1 aliphatic heterocycles. The maximum Gasteiger partial charge on any atom is 0.246 e. The molecule has 0 saturated carbocycles. The van der Waals surface area contributed by atoms with Crippen molar-refractivity contribution < 1.29 is 14.3 Å². The molecule has 0 saturated heterocycles. The lowest BCUT2D eigenvalue weighted by molar-refractivity contribution is -0.129. The summed E-state index contributed by atoms with van der Waals surface area (Å²) in [6.45, 7) is 9.18. The Morgan fingerprint density at radius 3 is 2.80 bits per heavy atom. The van der Waals surface area contributed by atoms with Gasteiger partial charge in [0.1, 0.15) is 29.4 Å². The molecule has 1 aromatic carbocycles. The molecule has 0 N–H and O–H groups in total. The molecule has 5 aromatic heterocycles. The van der Waals surface area contributed by atoms with E-state index in [4.69, 9.17) is 24.5 Å². The van der Waals surface area contributed by atoms with E-state index in [-0.39, 0.29) is 18.0 Å². The Hall–Kier alpha value is -4.87. The highest BCUT2D eigenvalue weighted by molar-refractivity contribution is 7.18. The van der Waals surface area contributed by atoms with E-state index in [9.17, 15) is 4.79 Å². The molecule has 0 fully saturated rings. The molecular weight excluding hydrogens is 586 g/mol. The number of thiophene rings is 1. The highest BCUT2D eigenvalue weighted by Crippen LogP contribution is 2.46. The Labute approximate surface area is 264 Å². The van der Waals surface area contributed by atoms with Crippen LogP contribution in [0.1, 0.15) is 31.6 Å². The maximum absolute atomic E-state index is 12.7. The Morgan fingerprint density at radius 1 is 1.11 bits per heavy atom. The standard InChI is InChI=1S/C34H33N7O3S/c1-6-29(42)40-18-20(2)41-27(21(40)3)17-25(38-41)32-30(33-28(8-7-12-35-33)44-14-13-43-5)34-23(11-15-45-34)31(37-32)22-9-10-26-24(16-22)36-19-39(26)4/h6-12,15-17,19-21H,1,13-14,18H2,2-5H3/t20-,21+/m0/s1. The number of fused-ring (bicyclic) bond motifs is 3. The molecule has 10 nitrogen and oxygen atoms in total. The van der Waals surface area contributed by atoms with E-state index < -0.39 is 0 Å². The lowest BCUT2D eigenvalue weighted by Crippen LogP contribution is -2.42. The Kier molecular flexibility index (Phi) is 7.42. The second kappa shape index (κ2) is 11.6. The minimum absolute atomic E-state index is 0.0309. The second-order valence-electron chi connectivity index (χ2n) is 11.2.